The van der Waals surface area contributed by atoms with Gasteiger partial charge in [-0.25, -0.2) is 17.8 Å². The molecule has 2 aliphatic rings. The number of pyridine rings is 2. The summed E-state index contributed by atoms with van der Waals surface area (Å²) in [5.74, 6) is -0.172. The standard InChI is InChI=1S/C22H21FN4O3S/c23-18-8-2-1-6-16(18)12-26-14-19-20(15-26)30-22-21(9-5-11-25-22)31(28,29)27(19)13-17-7-3-4-10-24-17/h1-11,19-20H,12-15H2/t19-,20-/m0/s1. The van der Waals surface area contributed by atoms with Crippen LogP contribution in [0, 0.1) is 5.82 Å². The van der Waals surface area contributed by atoms with Crippen molar-refractivity contribution < 1.29 is 17.5 Å². The Bertz CT molecular complexity index is 1190. The summed E-state index contributed by atoms with van der Waals surface area (Å²) in [5, 5.41) is 0. The van der Waals surface area contributed by atoms with Gasteiger partial charge in [0, 0.05) is 37.6 Å². The topological polar surface area (TPSA) is 75.6 Å². The Morgan fingerprint density at radius 1 is 0.968 bits per heavy atom. The highest BCUT2D eigenvalue weighted by atomic mass is 32.2. The second-order valence-electron chi connectivity index (χ2n) is 7.69. The van der Waals surface area contributed by atoms with Crippen LogP contribution in [0.25, 0.3) is 0 Å². The maximum Gasteiger partial charge on any atom is 0.249 e. The van der Waals surface area contributed by atoms with Gasteiger partial charge in [-0.2, -0.15) is 4.31 Å². The van der Waals surface area contributed by atoms with Gasteiger partial charge in [0.05, 0.1) is 18.3 Å². The first kappa shape index (κ1) is 20.0. The molecule has 1 fully saturated rings. The summed E-state index contributed by atoms with van der Waals surface area (Å²) in [6.45, 7) is 1.37. The van der Waals surface area contributed by atoms with E-state index in [2.05, 4.69) is 9.97 Å². The quantitative estimate of drug-likeness (QED) is 0.621. The smallest absolute Gasteiger partial charge is 0.249 e. The summed E-state index contributed by atoms with van der Waals surface area (Å²) in [5.41, 5.74) is 1.21. The van der Waals surface area contributed by atoms with Crippen molar-refractivity contribution in [2.24, 2.45) is 0 Å². The minimum Gasteiger partial charge on any atom is -0.470 e. The monoisotopic (exact) mass is 440 g/mol. The molecule has 2 aromatic heterocycles. The maximum atomic E-state index is 14.2. The highest BCUT2D eigenvalue weighted by Gasteiger charge is 2.47. The number of aromatic nitrogens is 2. The Balaban J connectivity index is 1.51. The summed E-state index contributed by atoms with van der Waals surface area (Å²) in [6, 6.07) is 14.7. The maximum absolute atomic E-state index is 14.2. The second kappa shape index (κ2) is 7.99. The molecule has 0 unspecified atom stereocenters. The zero-order chi connectivity index (χ0) is 21.4. The lowest BCUT2D eigenvalue weighted by Crippen LogP contribution is -2.46. The molecule has 5 rings (SSSR count). The van der Waals surface area contributed by atoms with Crippen molar-refractivity contribution in [3.63, 3.8) is 0 Å². The Labute approximate surface area is 180 Å². The van der Waals surface area contributed by atoms with Crippen LogP contribution in [-0.2, 0) is 23.1 Å². The Hall–Kier alpha value is -2.88. The lowest BCUT2D eigenvalue weighted by molar-refractivity contribution is 0.143. The molecule has 2 aliphatic heterocycles. The van der Waals surface area contributed by atoms with E-state index < -0.39 is 22.2 Å². The normalized spacial score (nSPS) is 22.9. The fourth-order valence-electron chi connectivity index (χ4n) is 4.18. The number of hydrogen-bond donors (Lipinski definition) is 0. The van der Waals surface area contributed by atoms with E-state index in [0.29, 0.717) is 30.9 Å². The number of likely N-dealkylation sites (tertiary alicyclic amines) is 1. The van der Waals surface area contributed by atoms with Crippen molar-refractivity contribution in [3.05, 3.63) is 84.1 Å². The van der Waals surface area contributed by atoms with Crippen molar-refractivity contribution in [2.75, 3.05) is 13.1 Å². The van der Waals surface area contributed by atoms with Crippen molar-refractivity contribution in [1.29, 1.82) is 0 Å². The van der Waals surface area contributed by atoms with Gasteiger partial charge in [-0.3, -0.25) is 9.88 Å². The molecule has 160 valence electrons. The summed E-state index contributed by atoms with van der Waals surface area (Å²) in [4.78, 5) is 10.6. The van der Waals surface area contributed by atoms with Crippen LogP contribution in [0.2, 0.25) is 0 Å². The molecule has 7 nitrogen and oxygen atoms in total. The average molecular weight is 441 g/mol. The highest BCUT2D eigenvalue weighted by Crippen LogP contribution is 2.36. The van der Waals surface area contributed by atoms with E-state index in [0.717, 1.165) is 0 Å². The van der Waals surface area contributed by atoms with Crippen LogP contribution in [0.4, 0.5) is 4.39 Å². The zero-order valence-electron chi connectivity index (χ0n) is 16.6. The lowest BCUT2D eigenvalue weighted by Gasteiger charge is -2.27. The van der Waals surface area contributed by atoms with Crippen LogP contribution in [0.5, 0.6) is 5.88 Å². The van der Waals surface area contributed by atoms with E-state index in [1.807, 2.05) is 11.0 Å². The van der Waals surface area contributed by atoms with Crippen molar-refractivity contribution in [3.8, 4) is 5.88 Å². The number of fused-ring (bicyclic) bond motifs is 2. The Kier molecular flexibility index (Phi) is 5.17. The number of benzene rings is 1. The van der Waals surface area contributed by atoms with Gasteiger partial charge in [-0.15, -0.1) is 0 Å². The number of nitrogens with zero attached hydrogens (tertiary/aromatic N) is 4. The van der Waals surface area contributed by atoms with Crippen LogP contribution in [0.15, 0.2) is 71.9 Å². The minimum absolute atomic E-state index is 0.0565. The van der Waals surface area contributed by atoms with Crippen LogP contribution >= 0.6 is 0 Å². The highest BCUT2D eigenvalue weighted by molar-refractivity contribution is 7.89. The first-order chi connectivity index (χ1) is 15.0. The molecule has 0 amide bonds. The molecule has 0 spiro atoms. The molecule has 0 aliphatic carbocycles. The van der Waals surface area contributed by atoms with Gasteiger partial charge < -0.3 is 4.74 Å². The number of halogens is 1. The average Bonchev–Trinajstić information content (AvgIpc) is 3.13. The predicted octanol–water partition coefficient (Wildman–Crippen LogP) is 2.45. The van der Waals surface area contributed by atoms with E-state index in [1.165, 1.54) is 22.6 Å². The van der Waals surface area contributed by atoms with Gasteiger partial charge in [-0.1, -0.05) is 24.3 Å². The van der Waals surface area contributed by atoms with Gasteiger partial charge in [0.2, 0.25) is 15.9 Å². The molecule has 2 atom stereocenters. The summed E-state index contributed by atoms with van der Waals surface area (Å²) in [7, 11) is -3.87. The Morgan fingerprint density at radius 3 is 2.58 bits per heavy atom. The van der Waals surface area contributed by atoms with Crippen molar-refractivity contribution >= 4 is 10.0 Å². The van der Waals surface area contributed by atoms with Crippen molar-refractivity contribution in [2.45, 2.75) is 30.1 Å². The van der Waals surface area contributed by atoms with Crippen molar-refractivity contribution in [1.82, 2.24) is 19.2 Å². The first-order valence-electron chi connectivity index (χ1n) is 10.0. The Morgan fingerprint density at radius 2 is 1.77 bits per heavy atom. The summed E-state index contributed by atoms with van der Waals surface area (Å²) in [6.07, 6.45) is 2.73. The molecular formula is C22H21FN4O3S. The fraction of sp³-hybridized carbons (Fsp3) is 0.273. The number of ether oxygens (including phenoxy) is 1. The van der Waals surface area contributed by atoms with Gasteiger partial charge in [0.25, 0.3) is 0 Å². The molecule has 0 bridgehead atoms. The fourth-order valence-corrected chi connectivity index (χ4v) is 5.87. The SMILES string of the molecule is O=S1(=O)c2cccnc2O[C@H]2CN(Cc3ccccc3F)C[C@@H]2N1Cc1ccccn1. The van der Waals surface area contributed by atoms with E-state index in [9.17, 15) is 12.8 Å². The third kappa shape index (κ3) is 3.80. The zero-order valence-corrected chi connectivity index (χ0v) is 17.5. The van der Waals surface area contributed by atoms with Gasteiger partial charge in [-0.05, 0) is 30.3 Å². The largest absolute Gasteiger partial charge is 0.470 e. The number of rotatable bonds is 4. The molecule has 0 N–H and O–H groups in total. The molecular weight excluding hydrogens is 419 g/mol. The third-order valence-corrected chi connectivity index (χ3v) is 7.55. The number of hydrogen-bond acceptors (Lipinski definition) is 6. The molecule has 31 heavy (non-hydrogen) atoms. The molecule has 4 heterocycles. The van der Waals surface area contributed by atoms with Crippen LogP contribution in [0.3, 0.4) is 0 Å². The second-order valence-corrected chi connectivity index (χ2v) is 9.55. The molecule has 3 aromatic rings. The molecule has 9 heteroatoms. The van der Waals surface area contributed by atoms with Crippen LogP contribution < -0.4 is 4.74 Å². The molecule has 0 saturated carbocycles. The molecule has 1 aromatic carbocycles. The lowest BCUT2D eigenvalue weighted by atomic mass is 10.2. The van der Waals surface area contributed by atoms with Crippen LogP contribution in [0.1, 0.15) is 11.3 Å². The van der Waals surface area contributed by atoms with E-state index in [4.69, 9.17) is 4.74 Å². The summed E-state index contributed by atoms with van der Waals surface area (Å²) < 4.78 is 48.9. The summed E-state index contributed by atoms with van der Waals surface area (Å²) >= 11 is 0. The van der Waals surface area contributed by atoms with Crippen LogP contribution in [-0.4, -0.2) is 52.8 Å². The van der Waals surface area contributed by atoms with Gasteiger partial charge >= 0.3 is 0 Å². The third-order valence-electron chi connectivity index (χ3n) is 5.66. The minimum atomic E-state index is -3.87. The van der Waals surface area contributed by atoms with E-state index >= 15 is 0 Å². The molecule has 1 saturated heterocycles. The van der Waals surface area contributed by atoms with E-state index in [1.54, 1.807) is 42.6 Å². The predicted molar refractivity (Wildman–Crippen MR) is 111 cm³/mol. The first-order valence-corrected chi connectivity index (χ1v) is 11.5. The van der Waals surface area contributed by atoms with Gasteiger partial charge in [0.1, 0.15) is 16.8 Å². The molecule has 0 radical (unpaired) electrons. The van der Waals surface area contributed by atoms with Gasteiger partial charge in [0.15, 0.2) is 0 Å². The van der Waals surface area contributed by atoms with E-state index in [-0.39, 0.29) is 23.1 Å². The number of sulfonamides is 1.